The number of fused-ring (bicyclic) bond motifs is 2. The van der Waals surface area contributed by atoms with Crippen LogP contribution in [-0.2, 0) is 40.9 Å². The van der Waals surface area contributed by atoms with Gasteiger partial charge in [0.1, 0.15) is 23.3 Å². The van der Waals surface area contributed by atoms with E-state index < -0.39 is 29.7 Å². The molecule has 3 aliphatic heterocycles. The number of ether oxygens (including phenoxy) is 3. The van der Waals surface area contributed by atoms with E-state index in [0.717, 1.165) is 65.7 Å². The van der Waals surface area contributed by atoms with Gasteiger partial charge in [0.15, 0.2) is 0 Å². The van der Waals surface area contributed by atoms with Gasteiger partial charge >= 0.3 is 6.03 Å². The van der Waals surface area contributed by atoms with Crippen LogP contribution in [0.3, 0.4) is 0 Å². The Kier molecular flexibility index (Phi) is 11.3. The quantitative estimate of drug-likeness (QED) is 0.150. The van der Waals surface area contributed by atoms with Gasteiger partial charge in [-0.2, -0.15) is 0 Å². The molecule has 17 heteroatoms. The Bertz CT molecular complexity index is 2400. The fourth-order valence-corrected chi connectivity index (χ4v) is 9.98. The Morgan fingerprint density at radius 1 is 0.903 bits per heavy atom. The zero-order valence-electron chi connectivity index (χ0n) is 35.8. The summed E-state index contributed by atoms with van der Waals surface area (Å²) in [6.45, 7) is 2.23. The number of aromatic nitrogens is 1. The third-order valence-electron chi connectivity index (χ3n) is 13.5. The molecule has 3 aromatic rings. The van der Waals surface area contributed by atoms with Crippen molar-refractivity contribution in [1.29, 1.82) is 0 Å². The lowest BCUT2D eigenvalue weighted by molar-refractivity contribution is -0.215. The first kappa shape index (κ1) is 42.5. The average molecular weight is 852 g/mol. The molecule has 328 valence electrons. The molecular formula is C45H53N7O10. The number of pyridine rings is 1. The van der Waals surface area contributed by atoms with Crippen LogP contribution in [0.2, 0.25) is 0 Å². The van der Waals surface area contributed by atoms with E-state index in [1.807, 2.05) is 18.3 Å². The van der Waals surface area contributed by atoms with E-state index >= 15 is 0 Å². The molecule has 0 spiro atoms. The summed E-state index contributed by atoms with van der Waals surface area (Å²) in [7, 11) is 8.65. The zero-order valence-corrected chi connectivity index (χ0v) is 35.8. The summed E-state index contributed by atoms with van der Waals surface area (Å²) in [6, 6.07) is 7.41. The minimum atomic E-state index is -1.02. The zero-order chi connectivity index (χ0) is 44.1. The van der Waals surface area contributed by atoms with Crippen molar-refractivity contribution >= 4 is 35.6 Å². The standard InChI is InChI=1S/C45H53N7O10/c1-46-43(59)51-15-13-28-31(20-49(2)39(55)32(28)22-51)26-17-35(60-4)33(36(18-26)61-5)21-50(3)45-23-44(24-45,25-45)42(58)47-14-7-6-8-16-62-27-9-10-29-30(19-27)41(57)52(40(29)56)34-11-12-37(53)48-38(34)54/h9-10,17-20,34H,6-8,11-16,21-25H2,1-5H3,(H,46,59)(H,47,58)(H,48,53,54). The van der Waals surface area contributed by atoms with Gasteiger partial charge in [0.2, 0.25) is 17.7 Å². The molecular weight excluding hydrogens is 799 g/mol. The summed E-state index contributed by atoms with van der Waals surface area (Å²) in [5.41, 5.74) is 3.98. The minimum absolute atomic E-state index is 0.0564. The van der Waals surface area contributed by atoms with Gasteiger partial charge in [-0.1, -0.05) is 0 Å². The first-order valence-electron chi connectivity index (χ1n) is 21.1. The number of piperidine rings is 1. The normalized spacial score (nSPS) is 22.3. The van der Waals surface area contributed by atoms with Gasteiger partial charge in [-0.3, -0.25) is 43.9 Å². The molecule has 1 saturated heterocycles. The van der Waals surface area contributed by atoms with E-state index in [4.69, 9.17) is 14.2 Å². The molecule has 62 heavy (non-hydrogen) atoms. The highest BCUT2D eigenvalue weighted by Crippen LogP contribution is 2.70. The number of benzene rings is 2. The smallest absolute Gasteiger partial charge is 0.317 e. The number of aryl methyl sites for hydroxylation is 1. The Labute approximate surface area is 359 Å². The molecule has 3 N–H and O–H groups in total. The van der Waals surface area contributed by atoms with Gasteiger partial charge < -0.3 is 34.3 Å². The summed E-state index contributed by atoms with van der Waals surface area (Å²) in [4.78, 5) is 93.8. The largest absolute Gasteiger partial charge is 0.496 e. The van der Waals surface area contributed by atoms with Crippen LogP contribution in [0.15, 0.2) is 41.3 Å². The summed E-state index contributed by atoms with van der Waals surface area (Å²) in [6.07, 6.45) is 7.17. The number of carbonyl (C=O) groups excluding carboxylic acids is 6. The molecule has 3 aliphatic carbocycles. The number of methoxy groups -OCH3 is 2. The van der Waals surface area contributed by atoms with Crippen LogP contribution in [-0.4, -0.2) is 114 Å². The number of unbranched alkanes of at least 4 members (excludes halogenated alkanes) is 2. The van der Waals surface area contributed by atoms with Gasteiger partial charge in [-0.25, -0.2) is 4.79 Å². The maximum atomic E-state index is 13.3. The third kappa shape index (κ3) is 7.35. The number of hydrogen-bond donors (Lipinski definition) is 3. The molecule has 1 atom stereocenters. The second-order valence-electron chi connectivity index (χ2n) is 17.2. The van der Waals surface area contributed by atoms with Crippen molar-refractivity contribution in [2.24, 2.45) is 12.5 Å². The predicted octanol–water partition coefficient (Wildman–Crippen LogP) is 2.89. The van der Waals surface area contributed by atoms with Crippen molar-refractivity contribution in [2.45, 2.75) is 82.5 Å². The fourth-order valence-electron chi connectivity index (χ4n) is 9.98. The maximum Gasteiger partial charge on any atom is 0.317 e. The molecule has 1 aromatic heterocycles. The van der Waals surface area contributed by atoms with Crippen molar-refractivity contribution in [3.8, 4) is 28.4 Å². The van der Waals surface area contributed by atoms with Crippen molar-refractivity contribution < 1.29 is 43.0 Å². The Morgan fingerprint density at radius 2 is 1.61 bits per heavy atom. The van der Waals surface area contributed by atoms with Gasteiger partial charge in [0.25, 0.3) is 17.4 Å². The molecule has 0 radical (unpaired) electrons. The van der Waals surface area contributed by atoms with Gasteiger partial charge in [0.05, 0.1) is 49.5 Å². The molecule has 4 fully saturated rings. The second kappa shape index (κ2) is 16.6. The summed E-state index contributed by atoms with van der Waals surface area (Å²) in [5, 5.41) is 8.00. The molecule has 4 heterocycles. The van der Waals surface area contributed by atoms with Crippen LogP contribution in [0.25, 0.3) is 11.1 Å². The summed E-state index contributed by atoms with van der Waals surface area (Å²) in [5.74, 6) is -0.352. The second-order valence-corrected chi connectivity index (χ2v) is 17.2. The Hall–Kier alpha value is -6.23. The lowest BCUT2D eigenvalue weighted by Gasteiger charge is -2.72. The van der Waals surface area contributed by atoms with Crippen LogP contribution in [0, 0.1) is 5.41 Å². The molecule has 2 aromatic carbocycles. The van der Waals surface area contributed by atoms with Crippen LogP contribution in [0.4, 0.5) is 4.79 Å². The molecule has 17 nitrogen and oxygen atoms in total. The van der Waals surface area contributed by atoms with Crippen LogP contribution in [0.5, 0.6) is 17.2 Å². The Balaban J connectivity index is 0.801. The summed E-state index contributed by atoms with van der Waals surface area (Å²) >= 11 is 0. The van der Waals surface area contributed by atoms with Crippen molar-refractivity contribution in [2.75, 3.05) is 48.0 Å². The van der Waals surface area contributed by atoms with Crippen LogP contribution < -0.4 is 35.7 Å². The number of amides is 7. The van der Waals surface area contributed by atoms with E-state index in [0.29, 0.717) is 55.5 Å². The van der Waals surface area contributed by atoms with Crippen molar-refractivity contribution in [1.82, 2.24) is 35.2 Å². The molecule has 9 rings (SSSR count). The lowest BCUT2D eigenvalue weighted by Crippen LogP contribution is -2.77. The van der Waals surface area contributed by atoms with Gasteiger partial charge in [0, 0.05) is 63.0 Å². The third-order valence-corrected chi connectivity index (χ3v) is 13.5. The topological polar surface area (TPSA) is 198 Å². The number of imide groups is 2. The minimum Gasteiger partial charge on any atom is -0.496 e. The molecule has 7 amide bonds. The van der Waals surface area contributed by atoms with Crippen molar-refractivity contribution in [3.05, 3.63) is 74.7 Å². The Morgan fingerprint density at radius 3 is 2.29 bits per heavy atom. The SMILES string of the molecule is CNC(=O)N1CCc2c(-c3cc(OC)c(CN(C)C45CC(C(=O)NCCCCCOc6ccc7c(c6)C(=O)N(C6CCC(=O)NC6=O)C7=O)(C4)C5)c(OC)c3)cn(C)c(=O)c2C1. The molecule has 1 unspecified atom stereocenters. The van der Waals surface area contributed by atoms with Crippen molar-refractivity contribution in [3.63, 3.8) is 0 Å². The highest BCUT2D eigenvalue weighted by molar-refractivity contribution is 6.23. The molecule has 6 aliphatic rings. The number of hydrogen-bond acceptors (Lipinski definition) is 11. The number of rotatable bonds is 15. The van der Waals surface area contributed by atoms with Crippen LogP contribution >= 0.6 is 0 Å². The van der Waals surface area contributed by atoms with Crippen LogP contribution in [0.1, 0.15) is 88.8 Å². The number of urea groups is 1. The highest BCUT2D eigenvalue weighted by Gasteiger charge is 2.72. The van der Waals surface area contributed by atoms with E-state index in [1.165, 1.54) is 12.1 Å². The molecule has 2 bridgehead atoms. The fraction of sp³-hybridized carbons (Fsp3) is 0.489. The van der Waals surface area contributed by atoms with Gasteiger partial charge in [-0.15, -0.1) is 0 Å². The molecule has 3 saturated carbocycles. The monoisotopic (exact) mass is 851 g/mol. The first-order chi connectivity index (χ1) is 29.7. The van der Waals surface area contributed by atoms with Gasteiger partial charge in [-0.05, 0) is 99.9 Å². The highest BCUT2D eigenvalue weighted by atomic mass is 16.5. The van der Waals surface area contributed by atoms with E-state index in [9.17, 15) is 33.6 Å². The summed E-state index contributed by atoms with van der Waals surface area (Å²) < 4.78 is 19.3. The first-order valence-corrected chi connectivity index (χ1v) is 21.1. The van der Waals surface area contributed by atoms with E-state index in [1.54, 1.807) is 43.8 Å². The lowest BCUT2D eigenvalue weighted by atomic mass is 9.38. The number of nitrogens with zero attached hydrogens (tertiary/aromatic N) is 4. The van der Waals surface area contributed by atoms with E-state index in [-0.39, 0.29) is 59.0 Å². The van der Waals surface area contributed by atoms with E-state index in [2.05, 4.69) is 27.9 Å². The predicted molar refractivity (Wildman–Crippen MR) is 225 cm³/mol. The number of carbonyl (C=O) groups is 6. The maximum absolute atomic E-state index is 13.3. The number of nitrogens with one attached hydrogen (secondary N) is 3. The average Bonchev–Trinajstić information content (AvgIpc) is 3.47.